The highest BCUT2D eigenvalue weighted by Crippen LogP contribution is 2.46. The summed E-state index contributed by atoms with van der Waals surface area (Å²) in [4.78, 5) is 32.4. The highest BCUT2D eigenvalue weighted by Gasteiger charge is 2.26. The molecule has 0 amide bonds. The third kappa shape index (κ3) is 7.41. The van der Waals surface area contributed by atoms with Crippen LogP contribution in [0.25, 0.3) is 0 Å². The van der Waals surface area contributed by atoms with Crippen molar-refractivity contribution in [3.63, 3.8) is 0 Å². The van der Waals surface area contributed by atoms with Crippen LogP contribution < -0.4 is 28.7 Å². The Morgan fingerprint density at radius 1 is 0.393 bits per heavy atom. The molecular weight excluding hydrogens is 701 g/mol. The molecule has 0 N–H and O–H groups in total. The van der Waals surface area contributed by atoms with E-state index in [1.54, 1.807) is 28.4 Å². The predicted molar refractivity (Wildman–Crippen MR) is 222 cm³/mol. The number of rotatable bonds is 14. The molecule has 278 valence electrons. The SMILES string of the molecule is COc1ccc(N(c2ccc(N(c3ccccc3C(=O)c3ccccc3)c3ccccc3C(=O)c3ccccc3)cc2)c2cc(OC)c(OC)c(OC)c2)cc1. The third-order valence-electron chi connectivity index (χ3n) is 9.46. The molecule has 8 nitrogen and oxygen atoms in total. The van der Waals surface area contributed by atoms with E-state index in [1.165, 1.54) is 0 Å². The molecule has 0 aliphatic rings. The number of para-hydroxylation sites is 2. The Kier molecular flexibility index (Phi) is 11.1. The van der Waals surface area contributed by atoms with Crippen LogP contribution in [-0.4, -0.2) is 40.0 Å². The van der Waals surface area contributed by atoms with E-state index in [0.29, 0.717) is 50.9 Å². The Morgan fingerprint density at radius 3 is 1.20 bits per heavy atom. The Labute approximate surface area is 326 Å². The predicted octanol–water partition coefficient (Wildman–Crippen LogP) is 11.1. The summed E-state index contributed by atoms with van der Waals surface area (Å²) >= 11 is 0. The van der Waals surface area contributed by atoms with Gasteiger partial charge >= 0.3 is 0 Å². The van der Waals surface area contributed by atoms with Gasteiger partial charge in [-0.2, -0.15) is 0 Å². The number of carbonyl (C=O) groups excluding carboxylic acids is 2. The number of ether oxygens (including phenoxy) is 4. The highest BCUT2D eigenvalue weighted by molar-refractivity contribution is 6.16. The van der Waals surface area contributed by atoms with Gasteiger partial charge in [-0.15, -0.1) is 0 Å². The van der Waals surface area contributed by atoms with E-state index in [-0.39, 0.29) is 11.6 Å². The molecule has 0 saturated heterocycles. The number of anilines is 6. The molecule has 7 rings (SSSR count). The van der Waals surface area contributed by atoms with Crippen molar-refractivity contribution in [3.05, 3.63) is 192 Å². The van der Waals surface area contributed by atoms with Crippen molar-refractivity contribution >= 4 is 45.7 Å². The fourth-order valence-electron chi connectivity index (χ4n) is 6.74. The van der Waals surface area contributed by atoms with Crippen molar-refractivity contribution < 1.29 is 28.5 Å². The van der Waals surface area contributed by atoms with Gasteiger partial charge < -0.3 is 28.7 Å². The van der Waals surface area contributed by atoms with Crippen LogP contribution in [0.5, 0.6) is 23.0 Å². The molecule has 56 heavy (non-hydrogen) atoms. The molecule has 0 radical (unpaired) electrons. The summed E-state index contributed by atoms with van der Waals surface area (Å²) in [5.74, 6) is 1.93. The third-order valence-corrected chi connectivity index (χ3v) is 9.46. The van der Waals surface area contributed by atoms with Crippen molar-refractivity contribution in [1.29, 1.82) is 0 Å². The highest BCUT2D eigenvalue weighted by atomic mass is 16.5. The first kappa shape index (κ1) is 37.0. The second kappa shape index (κ2) is 16.8. The zero-order chi connectivity index (χ0) is 39.0. The van der Waals surface area contributed by atoms with E-state index in [9.17, 15) is 9.59 Å². The average Bonchev–Trinajstić information content (AvgIpc) is 3.27. The summed E-state index contributed by atoms with van der Waals surface area (Å²) in [5.41, 5.74) is 6.50. The standard InChI is InChI=1S/C48H40N2O6/c1-53-39-29-27-36(28-30-39)49(38-31-44(54-2)48(56-4)45(32-38)55-3)35-23-25-37(26-24-35)50(42-21-13-11-19-40(42)46(51)33-15-7-5-8-16-33)43-22-14-12-20-41(43)47(52)34-17-9-6-10-18-34/h5-32H,1-4H3. The van der Waals surface area contributed by atoms with Crippen LogP contribution in [0, 0.1) is 0 Å². The Bertz CT molecular complexity index is 2330. The van der Waals surface area contributed by atoms with E-state index < -0.39 is 0 Å². The summed E-state index contributed by atoms with van der Waals surface area (Å²) < 4.78 is 22.6. The van der Waals surface area contributed by atoms with Gasteiger partial charge in [0.2, 0.25) is 5.75 Å². The number of hydrogen-bond acceptors (Lipinski definition) is 8. The summed E-state index contributed by atoms with van der Waals surface area (Å²) in [5, 5.41) is 0. The number of ketones is 2. The van der Waals surface area contributed by atoms with Crippen molar-refractivity contribution in [2.24, 2.45) is 0 Å². The zero-order valence-electron chi connectivity index (χ0n) is 31.5. The van der Waals surface area contributed by atoms with Gasteiger partial charge in [-0.25, -0.2) is 0 Å². The Hall–Kier alpha value is -7.32. The summed E-state index contributed by atoms with van der Waals surface area (Å²) in [7, 11) is 6.38. The lowest BCUT2D eigenvalue weighted by Gasteiger charge is -2.30. The molecule has 0 aliphatic heterocycles. The van der Waals surface area contributed by atoms with E-state index in [1.807, 2.05) is 175 Å². The number of nitrogens with zero attached hydrogens (tertiary/aromatic N) is 2. The molecule has 0 atom stereocenters. The summed E-state index contributed by atoms with van der Waals surface area (Å²) in [6, 6.07) is 52.9. The molecule has 0 fully saturated rings. The smallest absolute Gasteiger partial charge is 0.203 e. The van der Waals surface area contributed by atoms with Gasteiger partial charge in [-0.1, -0.05) is 84.9 Å². The van der Waals surface area contributed by atoms with Gasteiger partial charge in [0.1, 0.15) is 5.75 Å². The minimum Gasteiger partial charge on any atom is -0.497 e. The summed E-state index contributed by atoms with van der Waals surface area (Å²) in [6.07, 6.45) is 0. The fraction of sp³-hybridized carbons (Fsp3) is 0.0833. The van der Waals surface area contributed by atoms with Gasteiger partial charge in [0.15, 0.2) is 23.1 Å². The average molecular weight is 741 g/mol. The van der Waals surface area contributed by atoms with Crippen molar-refractivity contribution in [2.45, 2.75) is 0 Å². The van der Waals surface area contributed by atoms with E-state index >= 15 is 0 Å². The maximum Gasteiger partial charge on any atom is 0.203 e. The summed E-state index contributed by atoms with van der Waals surface area (Å²) in [6.45, 7) is 0. The molecule has 0 unspecified atom stereocenters. The molecule has 0 saturated carbocycles. The van der Waals surface area contributed by atoms with Crippen LogP contribution in [-0.2, 0) is 0 Å². The molecule has 7 aromatic rings. The zero-order valence-corrected chi connectivity index (χ0v) is 31.5. The molecule has 8 heteroatoms. The first-order valence-corrected chi connectivity index (χ1v) is 18.0. The Morgan fingerprint density at radius 2 is 0.786 bits per heavy atom. The van der Waals surface area contributed by atoms with Crippen LogP contribution >= 0.6 is 0 Å². The molecule has 0 spiro atoms. The molecule has 7 aromatic carbocycles. The van der Waals surface area contributed by atoms with Crippen molar-refractivity contribution in [2.75, 3.05) is 38.2 Å². The van der Waals surface area contributed by atoms with E-state index in [4.69, 9.17) is 18.9 Å². The molecular formula is C48H40N2O6. The van der Waals surface area contributed by atoms with Crippen LogP contribution in [0.1, 0.15) is 31.8 Å². The molecule has 0 bridgehead atoms. The number of carbonyl (C=O) groups is 2. The van der Waals surface area contributed by atoms with Crippen LogP contribution in [0.4, 0.5) is 34.1 Å². The van der Waals surface area contributed by atoms with Crippen LogP contribution in [0.15, 0.2) is 170 Å². The normalized spacial score (nSPS) is 10.6. The van der Waals surface area contributed by atoms with E-state index in [0.717, 1.165) is 28.5 Å². The van der Waals surface area contributed by atoms with Crippen molar-refractivity contribution in [1.82, 2.24) is 0 Å². The lowest BCUT2D eigenvalue weighted by Crippen LogP contribution is -2.18. The lowest BCUT2D eigenvalue weighted by atomic mass is 9.97. The number of hydrogen-bond donors (Lipinski definition) is 0. The maximum absolute atomic E-state index is 14.2. The number of benzene rings is 7. The van der Waals surface area contributed by atoms with Gasteiger partial charge in [-0.05, 0) is 72.8 Å². The van der Waals surface area contributed by atoms with Gasteiger partial charge in [0.05, 0.1) is 45.5 Å². The molecule has 0 aromatic heterocycles. The van der Waals surface area contributed by atoms with Crippen LogP contribution in [0.2, 0.25) is 0 Å². The second-order valence-electron chi connectivity index (χ2n) is 12.7. The lowest BCUT2D eigenvalue weighted by molar-refractivity contribution is 0.103. The molecule has 0 aliphatic carbocycles. The minimum absolute atomic E-state index is 0.136. The largest absolute Gasteiger partial charge is 0.497 e. The quantitative estimate of drug-likeness (QED) is 0.102. The van der Waals surface area contributed by atoms with Gasteiger partial charge in [0.25, 0.3) is 0 Å². The fourth-order valence-corrected chi connectivity index (χ4v) is 6.74. The first-order chi connectivity index (χ1) is 27.4. The van der Waals surface area contributed by atoms with Crippen LogP contribution in [0.3, 0.4) is 0 Å². The van der Waals surface area contributed by atoms with Gasteiger partial charge in [-0.3, -0.25) is 9.59 Å². The topological polar surface area (TPSA) is 77.5 Å². The Balaban J connectivity index is 1.41. The maximum atomic E-state index is 14.2. The first-order valence-electron chi connectivity index (χ1n) is 18.0. The minimum atomic E-state index is -0.136. The van der Waals surface area contributed by atoms with Crippen molar-refractivity contribution in [3.8, 4) is 23.0 Å². The van der Waals surface area contributed by atoms with Gasteiger partial charge in [0, 0.05) is 51.4 Å². The second-order valence-corrected chi connectivity index (χ2v) is 12.7. The molecule has 0 heterocycles. The number of methoxy groups -OCH3 is 4. The monoisotopic (exact) mass is 740 g/mol. The van der Waals surface area contributed by atoms with E-state index in [2.05, 4.69) is 4.90 Å².